The topological polar surface area (TPSA) is 82.6 Å². The van der Waals surface area contributed by atoms with Gasteiger partial charge in [-0.15, -0.1) is 0 Å². The molecule has 1 aliphatic rings. The van der Waals surface area contributed by atoms with Crippen molar-refractivity contribution in [3.8, 4) is 0 Å². The van der Waals surface area contributed by atoms with E-state index >= 15 is 0 Å². The van der Waals surface area contributed by atoms with Crippen LogP contribution in [0, 0.1) is 12.8 Å². The van der Waals surface area contributed by atoms with Gasteiger partial charge in [-0.05, 0) is 34.1 Å². The first-order valence-corrected chi connectivity index (χ1v) is 7.97. The number of carbonyl (C=O) groups is 1. The van der Waals surface area contributed by atoms with E-state index in [9.17, 15) is 4.79 Å². The predicted octanol–water partition coefficient (Wildman–Crippen LogP) is 1.46. The zero-order valence-corrected chi connectivity index (χ0v) is 14.6. The van der Waals surface area contributed by atoms with Crippen LogP contribution in [-0.4, -0.2) is 52.8 Å². The highest BCUT2D eigenvalue weighted by Gasteiger charge is 2.33. The maximum Gasteiger partial charge on any atom is 0.311 e. The van der Waals surface area contributed by atoms with Crippen LogP contribution in [0.3, 0.4) is 0 Å². The number of guanidine groups is 1. The summed E-state index contributed by atoms with van der Waals surface area (Å²) in [6.07, 6.45) is 2.60. The molecule has 2 rings (SSSR count). The molecule has 2 N–H and O–H groups in total. The van der Waals surface area contributed by atoms with E-state index in [0.29, 0.717) is 13.1 Å². The number of esters is 1. The lowest BCUT2D eigenvalue weighted by molar-refractivity contribution is -0.159. The molecule has 1 atom stereocenters. The maximum absolute atomic E-state index is 12.2. The summed E-state index contributed by atoms with van der Waals surface area (Å²) >= 11 is 0. The number of aryl methyl sites for hydroxylation is 1. The molecule has 1 unspecified atom stereocenters. The summed E-state index contributed by atoms with van der Waals surface area (Å²) in [6, 6.07) is 0. The maximum atomic E-state index is 12.2. The van der Waals surface area contributed by atoms with Gasteiger partial charge in [0.2, 0.25) is 0 Å². The van der Waals surface area contributed by atoms with Gasteiger partial charge in [-0.2, -0.15) is 5.10 Å². The Morgan fingerprint density at radius 2 is 2.30 bits per heavy atom. The Labute approximate surface area is 137 Å². The van der Waals surface area contributed by atoms with Crippen molar-refractivity contribution in [3.05, 3.63) is 17.5 Å². The van der Waals surface area contributed by atoms with Crippen molar-refractivity contribution in [1.29, 1.82) is 0 Å². The molecule has 128 valence electrons. The van der Waals surface area contributed by atoms with E-state index in [2.05, 4.69) is 25.4 Å². The van der Waals surface area contributed by atoms with Gasteiger partial charge in [0.15, 0.2) is 5.96 Å². The first kappa shape index (κ1) is 17.3. The highest BCUT2D eigenvalue weighted by atomic mass is 16.6. The van der Waals surface area contributed by atoms with Crippen molar-refractivity contribution in [3.63, 3.8) is 0 Å². The van der Waals surface area contributed by atoms with Crippen LogP contribution in [0.2, 0.25) is 0 Å². The Balaban J connectivity index is 1.89. The number of nitrogens with zero attached hydrogens (tertiary/aromatic N) is 3. The van der Waals surface area contributed by atoms with Crippen molar-refractivity contribution in [2.24, 2.45) is 10.9 Å². The summed E-state index contributed by atoms with van der Waals surface area (Å²) in [5.74, 6) is 0.584. The molecule has 0 saturated carbocycles. The third-order valence-corrected chi connectivity index (χ3v) is 3.81. The molecule has 0 amide bonds. The summed E-state index contributed by atoms with van der Waals surface area (Å²) in [5.41, 5.74) is 1.71. The average molecular weight is 321 g/mol. The average Bonchev–Trinajstić information content (AvgIpc) is 3.08. The normalized spacial score (nSPS) is 19.1. The monoisotopic (exact) mass is 321 g/mol. The van der Waals surface area contributed by atoms with E-state index in [4.69, 9.17) is 4.74 Å². The number of nitrogens with one attached hydrogen (secondary N) is 2. The minimum Gasteiger partial charge on any atom is -0.460 e. The van der Waals surface area contributed by atoms with Crippen LogP contribution in [0.4, 0.5) is 0 Å². The second-order valence-corrected chi connectivity index (χ2v) is 6.89. The molecule has 1 aromatic heterocycles. The zero-order valence-electron chi connectivity index (χ0n) is 14.6. The van der Waals surface area contributed by atoms with Crippen LogP contribution in [-0.2, 0) is 16.1 Å². The summed E-state index contributed by atoms with van der Waals surface area (Å²) in [5, 5.41) is 10.3. The number of likely N-dealkylation sites (tertiary alicyclic amines) is 1. The first-order chi connectivity index (χ1) is 10.8. The smallest absolute Gasteiger partial charge is 0.311 e. The van der Waals surface area contributed by atoms with Gasteiger partial charge in [-0.1, -0.05) is 0 Å². The molecule has 2 heterocycles. The number of rotatable bonds is 3. The number of aromatic amines is 1. The Kier molecular flexibility index (Phi) is 5.28. The fraction of sp³-hybridized carbons (Fsp3) is 0.688. The van der Waals surface area contributed by atoms with Crippen LogP contribution in [0.15, 0.2) is 11.2 Å². The van der Waals surface area contributed by atoms with Gasteiger partial charge in [0.1, 0.15) is 5.60 Å². The first-order valence-electron chi connectivity index (χ1n) is 7.97. The molecule has 0 radical (unpaired) electrons. The molecular weight excluding hydrogens is 294 g/mol. The third kappa shape index (κ3) is 4.71. The van der Waals surface area contributed by atoms with Crippen LogP contribution < -0.4 is 5.32 Å². The lowest BCUT2D eigenvalue weighted by Gasteiger charge is -2.23. The molecule has 0 aliphatic carbocycles. The molecule has 7 nitrogen and oxygen atoms in total. The Hall–Kier alpha value is -2.05. The SMILES string of the molecule is CN=C(NCc1cn[nH]c1C)N1CCC(C(=O)OC(C)(C)C)C1. The number of aliphatic imine (C=N–C) groups is 1. The van der Waals surface area contributed by atoms with Gasteiger partial charge < -0.3 is 15.0 Å². The fourth-order valence-electron chi connectivity index (χ4n) is 2.59. The lowest BCUT2D eigenvalue weighted by Crippen LogP contribution is -2.40. The van der Waals surface area contributed by atoms with E-state index in [1.807, 2.05) is 33.9 Å². The van der Waals surface area contributed by atoms with Gasteiger partial charge in [0, 0.05) is 37.9 Å². The molecule has 0 bridgehead atoms. The minimum absolute atomic E-state index is 0.0940. The molecule has 1 aliphatic heterocycles. The fourth-order valence-corrected chi connectivity index (χ4v) is 2.59. The van der Waals surface area contributed by atoms with Gasteiger partial charge in [0.05, 0.1) is 12.1 Å². The second-order valence-electron chi connectivity index (χ2n) is 6.89. The Morgan fingerprint density at radius 3 is 2.87 bits per heavy atom. The third-order valence-electron chi connectivity index (χ3n) is 3.81. The van der Waals surface area contributed by atoms with Crippen molar-refractivity contribution in [1.82, 2.24) is 20.4 Å². The number of H-pyrrole nitrogens is 1. The van der Waals surface area contributed by atoms with Crippen LogP contribution in [0.1, 0.15) is 38.4 Å². The van der Waals surface area contributed by atoms with Crippen molar-refractivity contribution in [2.75, 3.05) is 20.1 Å². The van der Waals surface area contributed by atoms with Crippen LogP contribution in [0.5, 0.6) is 0 Å². The van der Waals surface area contributed by atoms with Crippen molar-refractivity contribution >= 4 is 11.9 Å². The summed E-state index contributed by atoms with van der Waals surface area (Å²) in [7, 11) is 1.76. The molecular formula is C16H27N5O2. The number of hydrogen-bond donors (Lipinski definition) is 2. The number of carbonyl (C=O) groups excluding carboxylic acids is 1. The molecule has 1 fully saturated rings. The second kappa shape index (κ2) is 7.02. The van der Waals surface area contributed by atoms with E-state index in [-0.39, 0.29) is 11.9 Å². The largest absolute Gasteiger partial charge is 0.460 e. The van der Waals surface area contributed by atoms with Crippen LogP contribution in [0.25, 0.3) is 0 Å². The quantitative estimate of drug-likeness (QED) is 0.500. The summed E-state index contributed by atoms with van der Waals surface area (Å²) in [6.45, 7) is 9.76. The lowest BCUT2D eigenvalue weighted by atomic mass is 10.1. The zero-order chi connectivity index (χ0) is 17.0. The molecule has 0 aromatic carbocycles. The Morgan fingerprint density at radius 1 is 1.57 bits per heavy atom. The van der Waals surface area contributed by atoms with Crippen molar-refractivity contribution in [2.45, 2.75) is 46.3 Å². The van der Waals surface area contributed by atoms with Gasteiger partial charge >= 0.3 is 5.97 Å². The number of hydrogen-bond acceptors (Lipinski definition) is 4. The minimum atomic E-state index is -0.441. The van der Waals surface area contributed by atoms with Gasteiger partial charge in [0.25, 0.3) is 0 Å². The number of ether oxygens (including phenoxy) is 1. The van der Waals surface area contributed by atoms with E-state index in [0.717, 1.165) is 30.2 Å². The molecule has 1 aromatic rings. The summed E-state index contributed by atoms with van der Waals surface area (Å²) in [4.78, 5) is 18.6. The summed E-state index contributed by atoms with van der Waals surface area (Å²) < 4.78 is 5.48. The number of aromatic nitrogens is 2. The van der Waals surface area contributed by atoms with Gasteiger partial charge in [-0.3, -0.25) is 14.9 Å². The Bertz CT molecular complexity index is 573. The van der Waals surface area contributed by atoms with Crippen molar-refractivity contribution < 1.29 is 9.53 Å². The highest BCUT2D eigenvalue weighted by Crippen LogP contribution is 2.21. The molecule has 23 heavy (non-hydrogen) atoms. The highest BCUT2D eigenvalue weighted by molar-refractivity contribution is 5.82. The van der Waals surface area contributed by atoms with E-state index < -0.39 is 5.60 Å². The van der Waals surface area contributed by atoms with E-state index in [1.165, 1.54) is 0 Å². The molecule has 7 heteroatoms. The van der Waals surface area contributed by atoms with Crippen LogP contribution >= 0.6 is 0 Å². The standard InChI is InChI=1S/C16H27N5O2/c1-11-13(9-19-20-11)8-18-15(17-5)21-7-6-12(10-21)14(22)23-16(2,3)4/h9,12H,6-8,10H2,1-5H3,(H,17,18)(H,19,20). The predicted molar refractivity (Wildman–Crippen MR) is 89.0 cm³/mol. The molecule has 1 saturated heterocycles. The van der Waals surface area contributed by atoms with Gasteiger partial charge in [-0.25, -0.2) is 0 Å². The molecule has 0 spiro atoms. The van der Waals surface area contributed by atoms with E-state index in [1.54, 1.807) is 7.05 Å².